The van der Waals surface area contributed by atoms with Gasteiger partial charge in [0.25, 0.3) is 21.8 Å². The molecule has 32 heavy (non-hydrogen) atoms. The highest BCUT2D eigenvalue weighted by molar-refractivity contribution is 7.92. The lowest BCUT2D eigenvalue weighted by Gasteiger charge is -2.12. The van der Waals surface area contributed by atoms with Crippen molar-refractivity contribution >= 4 is 39.1 Å². The number of nitrogens with one attached hydrogen (secondary N) is 3. The van der Waals surface area contributed by atoms with Gasteiger partial charge in [-0.15, -0.1) is 0 Å². The van der Waals surface area contributed by atoms with Gasteiger partial charge in [-0.2, -0.15) is 0 Å². The first-order valence-electron chi connectivity index (χ1n) is 9.41. The van der Waals surface area contributed by atoms with Crippen LogP contribution in [0.3, 0.4) is 0 Å². The van der Waals surface area contributed by atoms with Gasteiger partial charge in [-0.25, -0.2) is 8.42 Å². The molecular formula is C21H20ClN3O6S. The van der Waals surface area contributed by atoms with Crippen LogP contribution in [-0.4, -0.2) is 26.8 Å². The van der Waals surface area contributed by atoms with E-state index in [0.717, 1.165) is 6.07 Å². The maximum atomic E-state index is 12.8. The van der Waals surface area contributed by atoms with Gasteiger partial charge in [0.1, 0.15) is 11.5 Å². The molecule has 168 valence electrons. The van der Waals surface area contributed by atoms with Crippen molar-refractivity contribution in [1.29, 1.82) is 0 Å². The summed E-state index contributed by atoms with van der Waals surface area (Å²) in [6, 6.07) is 11.5. The van der Waals surface area contributed by atoms with E-state index in [4.69, 9.17) is 20.8 Å². The van der Waals surface area contributed by atoms with Gasteiger partial charge in [0.2, 0.25) is 0 Å². The van der Waals surface area contributed by atoms with Gasteiger partial charge in [0, 0.05) is 5.69 Å². The number of benzene rings is 2. The topological polar surface area (TPSA) is 127 Å². The quantitative estimate of drug-likeness (QED) is 0.447. The Morgan fingerprint density at radius 3 is 2.25 bits per heavy atom. The third-order valence-electron chi connectivity index (χ3n) is 4.30. The van der Waals surface area contributed by atoms with Crippen molar-refractivity contribution in [1.82, 2.24) is 10.9 Å². The van der Waals surface area contributed by atoms with Gasteiger partial charge < -0.3 is 9.15 Å². The standard InChI is InChI=1S/C21H20ClN3O6S/c1-3-30-15-6-4-14(5-7-15)25-32(28,29)16-8-9-19(22)18(12-16)21(27)24-23-20(26)17-10-11-31-13(17)2/h4-12,25H,3H2,1-2H3,(H,23,26)(H,24,27). The Kier molecular flexibility index (Phi) is 7.06. The molecule has 1 heterocycles. The summed E-state index contributed by atoms with van der Waals surface area (Å²) < 4.78 is 38.3. The molecule has 2 aromatic carbocycles. The minimum atomic E-state index is -4.01. The molecule has 0 spiro atoms. The van der Waals surface area contributed by atoms with Gasteiger partial charge in [-0.05, 0) is 62.4 Å². The maximum Gasteiger partial charge on any atom is 0.273 e. The molecule has 0 atom stereocenters. The molecule has 11 heteroatoms. The van der Waals surface area contributed by atoms with E-state index in [0.29, 0.717) is 23.8 Å². The largest absolute Gasteiger partial charge is 0.494 e. The summed E-state index contributed by atoms with van der Waals surface area (Å²) in [6.45, 7) is 3.93. The fourth-order valence-electron chi connectivity index (χ4n) is 2.71. The second-order valence-electron chi connectivity index (χ2n) is 6.50. The summed E-state index contributed by atoms with van der Waals surface area (Å²) in [4.78, 5) is 24.4. The number of furan rings is 1. The van der Waals surface area contributed by atoms with Crippen LogP contribution in [0.2, 0.25) is 5.02 Å². The number of amides is 2. The number of carbonyl (C=O) groups excluding carboxylic acids is 2. The van der Waals surface area contributed by atoms with E-state index in [-0.39, 0.29) is 21.0 Å². The van der Waals surface area contributed by atoms with Crippen molar-refractivity contribution in [2.24, 2.45) is 0 Å². The van der Waals surface area contributed by atoms with Crippen LogP contribution in [0.1, 0.15) is 33.4 Å². The fraction of sp³-hybridized carbons (Fsp3) is 0.143. The van der Waals surface area contributed by atoms with E-state index < -0.39 is 21.8 Å². The van der Waals surface area contributed by atoms with Gasteiger partial charge in [0.15, 0.2) is 0 Å². The Labute approximate surface area is 189 Å². The highest BCUT2D eigenvalue weighted by atomic mass is 35.5. The summed E-state index contributed by atoms with van der Waals surface area (Å²) in [5.74, 6) is -0.402. The van der Waals surface area contributed by atoms with E-state index in [9.17, 15) is 18.0 Å². The first kappa shape index (κ1) is 23.2. The lowest BCUT2D eigenvalue weighted by molar-refractivity contribution is 0.0845. The van der Waals surface area contributed by atoms with Crippen LogP contribution < -0.4 is 20.3 Å². The van der Waals surface area contributed by atoms with Crippen LogP contribution in [0.5, 0.6) is 5.75 Å². The minimum absolute atomic E-state index is 0.0104. The molecule has 3 N–H and O–H groups in total. The lowest BCUT2D eigenvalue weighted by Crippen LogP contribution is -2.41. The molecule has 0 aliphatic carbocycles. The van der Waals surface area contributed by atoms with Crippen molar-refractivity contribution in [3.8, 4) is 5.75 Å². The second kappa shape index (κ2) is 9.75. The molecule has 0 saturated heterocycles. The third kappa shape index (κ3) is 5.40. The van der Waals surface area contributed by atoms with E-state index in [1.54, 1.807) is 31.2 Å². The van der Waals surface area contributed by atoms with Crippen molar-refractivity contribution < 1.29 is 27.2 Å². The predicted octanol–water partition coefficient (Wildman–Crippen LogP) is 3.52. The van der Waals surface area contributed by atoms with E-state index in [2.05, 4.69) is 15.6 Å². The number of aryl methyl sites for hydroxylation is 1. The number of rotatable bonds is 7. The molecule has 0 bridgehead atoms. The number of anilines is 1. The zero-order chi connectivity index (χ0) is 23.3. The smallest absolute Gasteiger partial charge is 0.273 e. The molecule has 2 amide bonds. The Hall–Kier alpha value is -3.50. The normalized spacial score (nSPS) is 11.0. The molecule has 3 aromatic rings. The Morgan fingerprint density at radius 2 is 1.66 bits per heavy atom. The summed E-state index contributed by atoms with van der Waals surface area (Å²) >= 11 is 6.07. The molecule has 0 fully saturated rings. The van der Waals surface area contributed by atoms with Gasteiger partial charge in [-0.1, -0.05) is 11.6 Å². The first-order valence-corrected chi connectivity index (χ1v) is 11.3. The molecular weight excluding hydrogens is 458 g/mol. The Morgan fingerprint density at radius 1 is 1.00 bits per heavy atom. The van der Waals surface area contributed by atoms with Crippen LogP contribution >= 0.6 is 11.6 Å². The highest BCUT2D eigenvalue weighted by Gasteiger charge is 2.20. The van der Waals surface area contributed by atoms with Crippen molar-refractivity contribution in [3.05, 3.63) is 76.7 Å². The fourth-order valence-corrected chi connectivity index (χ4v) is 4.00. The maximum absolute atomic E-state index is 12.8. The molecule has 0 radical (unpaired) electrons. The Balaban J connectivity index is 1.74. The van der Waals surface area contributed by atoms with Crippen LogP contribution in [0, 0.1) is 6.92 Å². The summed E-state index contributed by atoms with van der Waals surface area (Å²) in [7, 11) is -4.01. The van der Waals surface area contributed by atoms with Gasteiger partial charge >= 0.3 is 0 Å². The molecule has 9 nitrogen and oxygen atoms in total. The number of hydrogen-bond donors (Lipinski definition) is 3. The average Bonchev–Trinajstić information content (AvgIpc) is 3.19. The van der Waals surface area contributed by atoms with Crippen LogP contribution in [0.15, 0.2) is 64.1 Å². The zero-order valence-electron chi connectivity index (χ0n) is 17.1. The van der Waals surface area contributed by atoms with E-state index in [1.165, 1.54) is 24.5 Å². The summed E-state index contributed by atoms with van der Waals surface area (Å²) in [5, 5.41) is 0.0104. The van der Waals surface area contributed by atoms with Crippen molar-refractivity contribution in [2.45, 2.75) is 18.7 Å². The number of hydrazine groups is 1. The van der Waals surface area contributed by atoms with Gasteiger partial charge in [-0.3, -0.25) is 25.2 Å². The minimum Gasteiger partial charge on any atom is -0.494 e. The van der Waals surface area contributed by atoms with E-state index >= 15 is 0 Å². The molecule has 3 rings (SSSR count). The monoisotopic (exact) mass is 477 g/mol. The first-order chi connectivity index (χ1) is 15.2. The highest BCUT2D eigenvalue weighted by Crippen LogP contribution is 2.23. The number of ether oxygens (including phenoxy) is 1. The molecule has 0 unspecified atom stereocenters. The molecule has 1 aromatic heterocycles. The SMILES string of the molecule is CCOc1ccc(NS(=O)(=O)c2ccc(Cl)c(C(=O)NNC(=O)c3ccoc3C)c2)cc1. The molecule has 0 aliphatic heterocycles. The number of hydrogen-bond acceptors (Lipinski definition) is 6. The van der Waals surface area contributed by atoms with Crippen LogP contribution in [0.4, 0.5) is 5.69 Å². The van der Waals surface area contributed by atoms with Crippen molar-refractivity contribution in [2.75, 3.05) is 11.3 Å². The zero-order valence-corrected chi connectivity index (χ0v) is 18.7. The predicted molar refractivity (Wildman–Crippen MR) is 118 cm³/mol. The third-order valence-corrected chi connectivity index (χ3v) is 6.01. The average molecular weight is 478 g/mol. The number of carbonyl (C=O) groups is 2. The van der Waals surface area contributed by atoms with Crippen LogP contribution in [0.25, 0.3) is 0 Å². The van der Waals surface area contributed by atoms with Crippen molar-refractivity contribution in [3.63, 3.8) is 0 Å². The molecule has 0 saturated carbocycles. The van der Waals surface area contributed by atoms with Gasteiger partial charge in [0.05, 0.1) is 33.9 Å². The molecule has 0 aliphatic rings. The second-order valence-corrected chi connectivity index (χ2v) is 8.59. The number of sulfonamides is 1. The lowest BCUT2D eigenvalue weighted by atomic mass is 10.2. The Bertz CT molecular complexity index is 1240. The summed E-state index contributed by atoms with van der Waals surface area (Å²) in [6.07, 6.45) is 1.34. The summed E-state index contributed by atoms with van der Waals surface area (Å²) in [5.41, 5.74) is 4.86. The number of halogens is 1. The van der Waals surface area contributed by atoms with Crippen LogP contribution in [-0.2, 0) is 10.0 Å². The van der Waals surface area contributed by atoms with E-state index in [1.807, 2.05) is 6.92 Å².